The van der Waals surface area contributed by atoms with Crippen LogP contribution in [0, 0.1) is 0 Å². The normalized spacial score (nSPS) is 10.2. The van der Waals surface area contributed by atoms with Crippen LogP contribution in [0.5, 0.6) is 5.75 Å². The van der Waals surface area contributed by atoms with Gasteiger partial charge in [0, 0.05) is 10.6 Å². The van der Waals surface area contributed by atoms with E-state index in [1.54, 1.807) is 31.4 Å². The number of hydrogen-bond acceptors (Lipinski definition) is 4. The first-order chi connectivity index (χ1) is 9.10. The van der Waals surface area contributed by atoms with Crippen LogP contribution in [0.15, 0.2) is 30.3 Å². The lowest BCUT2D eigenvalue weighted by molar-refractivity contribution is 0.0952. The van der Waals surface area contributed by atoms with Crippen LogP contribution in [0.1, 0.15) is 15.2 Å². The molecule has 4 nitrogen and oxygen atoms in total. The van der Waals surface area contributed by atoms with Crippen LogP contribution in [0.4, 0.5) is 5.69 Å². The summed E-state index contributed by atoms with van der Waals surface area (Å²) in [6.07, 6.45) is 0. The van der Waals surface area contributed by atoms with E-state index in [0.717, 1.165) is 4.88 Å². The van der Waals surface area contributed by atoms with E-state index in [4.69, 9.17) is 22.1 Å². The van der Waals surface area contributed by atoms with E-state index < -0.39 is 0 Å². The molecule has 0 atom stereocenters. The van der Waals surface area contributed by atoms with E-state index >= 15 is 0 Å². The molecule has 0 unspecified atom stereocenters. The largest absolute Gasteiger partial charge is 0.497 e. The van der Waals surface area contributed by atoms with Crippen molar-refractivity contribution in [3.05, 3.63) is 45.1 Å². The third-order valence-electron chi connectivity index (χ3n) is 2.56. The number of nitrogens with one attached hydrogen (secondary N) is 1. The van der Waals surface area contributed by atoms with E-state index in [1.165, 1.54) is 11.3 Å². The Morgan fingerprint density at radius 3 is 2.84 bits per heavy atom. The summed E-state index contributed by atoms with van der Waals surface area (Å²) in [5.41, 5.74) is 6.61. The van der Waals surface area contributed by atoms with Gasteiger partial charge in [-0.15, -0.1) is 11.3 Å². The number of carbonyl (C=O) groups excluding carboxylic acids is 1. The molecule has 2 aromatic rings. The molecule has 100 valence electrons. The van der Waals surface area contributed by atoms with E-state index in [-0.39, 0.29) is 5.91 Å². The van der Waals surface area contributed by atoms with E-state index in [9.17, 15) is 4.79 Å². The van der Waals surface area contributed by atoms with Gasteiger partial charge >= 0.3 is 0 Å². The van der Waals surface area contributed by atoms with Gasteiger partial charge in [-0.1, -0.05) is 11.6 Å². The monoisotopic (exact) mass is 296 g/mol. The van der Waals surface area contributed by atoms with Crippen LogP contribution in [-0.4, -0.2) is 13.0 Å². The van der Waals surface area contributed by atoms with Gasteiger partial charge in [-0.2, -0.15) is 0 Å². The molecular formula is C13H13ClN2O2S. The summed E-state index contributed by atoms with van der Waals surface area (Å²) in [5, 5.41) is 2.80. The highest BCUT2D eigenvalue weighted by Gasteiger charge is 2.11. The van der Waals surface area contributed by atoms with Crippen molar-refractivity contribution in [2.75, 3.05) is 12.8 Å². The molecule has 1 heterocycles. The summed E-state index contributed by atoms with van der Waals surface area (Å²) in [6.45, 7) is 0.423. The summed E-state index contributed by atoms with van der Waals surface area (Å²) >= 11 is 7.26. The molecule has 1 aromatic heterocycles. The number of hydrogen-bond donors (Lipinski definition) is 2. The van der Waals surface area contributed by atoms with Crippen molar-refractivity contribution in [3.8, 4) is 5.75 Å². The van der Waals surface area contributed by atoms with E-state index in [1.807, 2.05) is 6.07 Å². The minimum Gasteiger partial charge on any atom is -0.497 e. The molecule has 0 aliphatic rings. The van der Waals surface area contributed by atoms with Crippen molar-refractivity contribution < 1.29 is 9.53 Å². The Morgan fingerprint density at radius 2 is 2.21 bits per heavy atom. The van der Waals surface area contributed by atoms with E-state index in [2.05, 4.69) is 5.32 Å². The summed E-state index contributed by atoms with van der Waals surface area (Å²) in [4.78, 5) is 13.0. The third kappa shape index (κ3) is 3.39. The second-order valence-electron chi connectivity index (χ2n) is 3.84. The summed E-state index contributed by atoms with van der Waals surface area (Å²) in [7, 11) is 1.54. The van der Waals surface area contributed by atoms with Gasteiger partial charge in [-0.05, 0) is 30.3 Å². The van der Waals surface area contributed by atoms with E-state index in [0.29, 0.717) is 27.9 Å². The standard InChI is InChI=1S/C13H13ClN2O2S/c1-18-8-2-4-11(15)10(6-8)13(17)16-7-9-3-5-12(14)19-9/h2-6H,7,15H2,1H3,(H,16,17). The molecule has 2 rings (SSSR count). The van der Waals surface area contributed by atoms with Crippen LogP contribution in [0.3, 0.4) is 0 Å². The highest BCUT2D eigenvalue weighted by atomic mass is 35.5. The van der Waals surface area contributed by atoms with Gasteiger partial charge in [0.25, 0.3) is 5.91 Å². The van der Waals surface area contributed by atoms with Crippen molar-refractivity contribution >= 4 is 34.5 Å². The lowest BCUT2D eigenvalue weighted by Crippen LogP contribution is -2.23. The van der Waals surface area contributed by atoms with Gasteiger partial charge < -0.3 is 15.8 Å². The zero-order valence-corrected chi connectivity index (χ0v) is 11.8. The summed E-state index contributed by atoms with van der Waals surface area (Å²) in [5.74, 6) is 0.361. The second-order valence-corrected chi connectivity index (χ2v) is 5.64. The molecule has 0 saturated carbocycles. The van der Waals surface area contributed by atoms with Crippen molar-refractivity contribution in [2.24, 2.45) is 0 Å². The van der Waals surface area contributed by atoms with Crippen molar-refractivity contribution in [3.63, 3.8) is 0 Å². The zero-order valence-electron chi connectivity index (χ0n) is 10.3. The lowest BCUT2D eigenvalue weighted by Gasteiger charge is -2.08. The van der Waals surface area contributed by atoms with Crippen molar-refractivity contribution in [2.45, 2.75) is 6.54 Å². The van der Waals surface area contributed by atoms with Gasteiger partial charge in [0.2, 0.25) is 0 Å². The second kappa shape index (κ2) is 5.95. The predicted octanol–water partition coefficient (Wildman–Crippen LogP) is 2.92. The molecule has 19 heavy (non-hydrogen) atoms. The molecular weight excluding hydrogens is 284 g/mol. The Balaban J connectivity index is 2.07. The third-order valence-corrected chi connectivity index (χ3v) is 3.79. The number of benzene rings is 1. The summed E-state index contributed by atoms with van der Waals surface area (Å²) in [6, 6.07) is 8.66. The molecule has 1 aromatic carbocycles. The van der Waals surface area contributed by atoms with Gasteiger partial charge in [-0.3, -0.25) is 4.79 Å². The fraction of sp³-hybridized carbons (Fsp3) is 0.154. The summed E-state index contributed by atoms with van der Waals surface area (Å²) < 4.78 is 5.77. The first-order valence-electron chi connectivity index (χ1n) is 5.56. The highest BCUT2D eigenvalue weighted by molar-refractivity contribution is 7.16. The Labute approximate surface area is 120 Å². The van der Waals surface area contributed by atoms with Crippen LogP contribution in [0.2, 0.25) is 4.34 Å². The van der Waals surface area contributed by atoms with Gasteiger partial charge in [0.1, 0.15) is 5.75 Å². The number of halogens is 1. The quantitative estimate of drug-likeness (QED) is 0.853. The lowest BCUT2D eigenvalue weighted by atomic mass is 10.1. The van der Waals surface area contributed by atoms with Crippen LogP contribution in [0.25, 0.3) is 0 Å². The Kier molecular flexibility index (Phi) is 4.29. The maximum absolute atomic E-state index is 12.0. The van der Waals surface area contributed by atoms with Gasteiger partial charge in [0.15, 0.2) is 0 Å². The topological polar surface area (TPSA) is 64.3 Å². The number of amides is 1. The maximum atomic E-state index is 12.0. The van der Waals surface area contributed by atoms with Crippen LogP contribution >= 0.6 is 22.9 Å². The number of anilines is 1. The SMILES string of the molecule is COc1ccc(N)c(C(=O)NCc2ccc(Cl)s2)c1. The Morgan fingerprint density at radius 1 is 1.42 bits per heavy atom. The molecule has 3 N–H and O–H groups in total. The number of ether oxygens (including phenoxy) is 1. The minimum absolute atomic E-state index is 0.235. The number of carbonyl (C=O) groups is 1. The number of thiophene rings is 1. The van der Waals surface area contributed by atoms with Crippen molar-refractivity contribution in [1.29, 1.82) is 0 Å². The molecule has 0 radical (unpaired) electrons. The molecule has 0 bridgehead atoms. The van der Waals surface area contributed by atoms with Crippen LogP contribution < -0.4 is 15.8 Å². The molecule has 0 spiro atoms. The molecule has 0 aliphatic heterocycles. The zero-order chi connectivity index (χ0) is 13.8. The molecule has 0 saturated heterocycles. The highest BCUT2D eigenvalue weighted by Crippen LogP contribution is 2.22. The smallest absolute Gasteiger partial charge is 0.253 e. The molecule has 1 amide bonds. The average Bonchev–Trinajstić information content (AvgIpc) is 2.82. The fourth-order valence-electron chi connectivity index (χ4n) is 1.57. The Bertz CT molecular complexity index is 598. The van der Waals surface area contributed by atoms with Crippen LogP contribution in [-0.2, 0) is 6.54 Å². The molecule has 6 heteroatoms. The molecule has 0 fully saturated rings. The maximum Gasteiger partial charge on any atom is 0.253 e. The molecule has 0 aliphatic carbocycles. The first kappa shape index (κ1) is 13.7. The number of methoxy groups -OCH3 is 1. The Hall–Kier alpha value is -1.72. The van der Waals surface area contributed by atoms with Gasteiger partial charge in [-0.25, -0.2) is 0 Å². The number of nitrogen functional groups attached to an aromatic ring is 1. The predicted molar refractivity (Wildman–Crippen MR) is 77.9 cm³/mol. The number of rotatable bonds is 4. The number of nitrogens with two attached hydrogens (primary N) is 1. The fourth-order valence-corrected chi connectivity index (χ4v) is 2.60. The van der Waals surface area contributed by atoms with Crippen molar-refractivity contribution in [1.82, 2.24) is 5.32 Å². The van der Waals surface area contributed by atoms with Gasteiger partial charge in [0.05, 0.1) is 23.6 Å². The minimum atomic E-state index is -0.235. The first-order valence-corrected chi connectivity index (χ1v) is 6.75. The average molecular weight is 297 g/mol.